The Morgan fingerprint density at radius 2 is 1.50 bits per heavy atom. The molecule has 0 fully saturated rings. The van der Waals surface area contributed by atoms with Gasteiger partial charge in [0.2, 0.25) is 0 Å². The van der Waals surface area contributed by atoms with Crippen LogP contribution in [0.15, 0.2) is 54.6 Å². The zero-order valence-corrected chi connectivity index (χ0v) is 13.0. The fourth-order valence-electron chi connectivity index (χ4n) is 2.31. The van der Waals surface area contributed by atoms with Crippen molar-refractivity contribution in [2.45, 2.75) is 19.6 Å². The predicted molar refractivity (Wildman–Crippen MR) is 83.7 cm³/mol. The van der Waals surface area contributed by atoms with E-state index in [1.54, 1.807) is 12.1 Å². The molecule has 1 heterocycles. The molecule has 2 aromatic rings. The molecule has 0 spiro atoms. The highest BCUT2D eigenvalue weighted by molar-refractivity contribution is 6.20. The van der Waals surface area contributed by atoms with E-state index in [4.69, 9.17) is 9.57 Å². The maximum atomic E-state index is 12.2. The van der Waals surface area contributed by atoms with Crippen LogP contribution >= 0.6 is 0 Å². The van der Waals surface area contributed by atoms with Gasteiger partial charge in [-0.05, 0) is 24.6 Å². The number of nitrogens with zero attached hydrogens (tertiary/aromatic N) is 1. The van der Waals surface area contributed by atoms with Gasteiger partial charge in [-0.25, -0.2) is 9.63 Å². The van der Waals surface area contributed by atoms with Gasteiger partial charge in [0.05, 0.1) is 11.1 Å². The van der Waals surface area contributed by atoms with Crippen molar-refractivity contribution >= 4 is 17.8 Å². The van der Waals surface area contributed by atoms with Crippen molar-refractivity contribution in [3.63, 3.8) is 0 Å². The summed E-state index contributed by atoms with van der Waals surface area (Å²) in [5.41, 5.74) is 1.35. The quantitative estimate of drug-likeness (QED) is 0.623. The number of esters is 1. The van der Waals surface area contributed by atoms with E-state index >= 15 is 0 Å². The summed E-state index contributed by atoms with van der Waals surface area (Å²) in [5, 5.41) is 0.610. The van der Waals surface area contributed by atoms with Gasteiger partial charge in [-0.1, -0.05) is 42.5 Å². The van der Waals surface area contributed by atoms with Crippen molar-refractivity contribution in [3.05, 3.63) is 71.3 Å². The Morgan fingerprint density at radius 1 is 0.958 bits per heavy atom. The van der Waals surface area contributed by atoms with Gasteiger partial charge in [0, 0.05) is 0 Å². The monoisotopic (exact) mass is 325 g/mol. The van der Waals surface area contributed by atoms with Crippen LogP contribution in [0.25, 0.3) is 0 Å². The second-order valence-electron chi connectivity index (χ2n) is 5.29. The van der Waals surface area contributed by atoms with E-state index < -0.39 is 23.9 Å². The van der Waals surface area contributed by atoms with E-state index in [0.717, 1.165) is 5.56 Å². The van der Waals surface area contributed by atoms with E-state index in [1.165, 1.54) is 19.1 Å². The largest absolute Gasteiger partial charge is 0.459 e. The van der Waals surface area contributed by atoms with Crippen LogP contribution in [0.2, 0.25) is 0 Å². The van der Waals surface area contributed by atoms with Gasteiger partial charge in [0.15, 0.2) is 6.10 Å². The molecule has 0 N–H and O–H groups in total. The number of fused-ring (bicyclic) bond motifs is 1. The van der Waals surface area contributed by atoms with Gasteiger partial charge < -0.3 is 4.74 Å². The van der Waals surface area contributed by atoms with Crippen LogP contribution < -0.4 is 0 Å². The Morgan fingerprint density at radius 3 is 2.08 bits per heavy atom. The first-order valence-corrected chi connectivity index (χ1v) is 7.43. The number of rotatable bonds is 5. The molecule has 6 nitrogen and oxygen atoms in total. The zero-order chi connectivity index (χ0) is 17.1. The maximum Gasteiger partial charge on any atom is 0.338 e. The lowest BCUT2D eigenvalue weighted by Gasteiger charge is -2.18. The Labute approximate surface area is 138 Å². The van der Waals surface area contributed by atoms with Gasteiger partial charge in [0.25, 0.3) is 11.8 Å². The van der Waals surface area contributed by atoms with E-state index in [0.29, 0.717) is 5.06 Å². The number of ether oxygens (including phenoxy) is 1. The third-order valence-electron chi connectivity index (χ3n) is 3.58. The maximum absolute atomic E-state index is 12.2. The molecule has 2 amide bonds. The number of hydroxylamine groups is 2. The lowest BCUT2D eigenvalue weighted by Crippen LogP contribution is -2.37. The SMILES string of the molecule is C[C@@H](ON1C(=O)c2ccccc2C1=O)C(=O)OCc1ccccc1. The number of hydrogen-bond acceptors (Lipinski definition) is 5. The van der Waals surface area contributed by atoms with Gasteiger partial charge >= 0.3 is 5.97 Å². The minimum Gasteiger partial charge on any atom is -0.459 e. The molecular formula is C18H15NO5. The molecule has 24 heavy (non-hydrogen) atoms. The Kier molecular flexibility index (Phi) is 4.39. The Bertz CT molecular complexity index is 752. The molecule has 1 aliphatic heterocycles. The lowest BCUT2D eigenvalue weighted by molar-refractivity contribution is -0.178. The van der Waals surface area contributed by atoms with Crippen LogP contribution in [0.1, 0.15) is 33.2 Å². The highest BCUT2D eigenvalue weighted by atomic mass is 16.7. The highest BCUT2D eigenvalue weighted by Gasteiger charge is 2.38. The summed E-state index contributed by atoms with van der Waals surface area (Å²) >= 11 is 0. The van der Waals surface area contributed by atoms with Gasteiger partial charge in [-0.15, -0.1) is 5.06 Å². The normalized spacial score (nSPS) is 14.5. The molecule has 0 unspecified atom stereocenters. The van der Waals surface area contributed by atoms with Crippen molar-refractivity contribution in [2.75, 3.05) is 0 Å². The smallest absolute Gasteiger partial charge is 0.338 e. The number of amides is 2. The second kappa shape index (κ2) is 6.64. The Balaban J connectivity index is 1.61. The first kappa shape index (κ1) is 15.9. The molecule has 0 radical (unpaired) electrons. The van der Waals surface area contributed by atoms with E-state index in [-0.39, 0.29) is 17.7 Å². The molecular weight excluding hydrogens is 310 g/mol. The summed E-state index contributed by atoms with van der Waals surface area (Å²) in [6, 6.07) is 15.6. The van der Waals surface area contributed by atoms with E-state index in [9.17, 15) is 14.4 Å². The number of carbonyl (C=O) groups excluding carboxylic acids is 3. The van der Waals surface area contributed by atoms with Crippen molar-refractivity contribution in [2.24, 2.45) is 0 Å². The van der Waals surface area contributed by atoms with Crippen LogP contribution in [0.3, 0.4) is 0 Å². The fraction of sp³-hybridized carbons (Fsp3) is 0.167. The van der Waals surface area contributed by atoms with E-state index in [2.05, 4.69) is 0 Å². The summed E-state index contributed by atoms with van der Waals surface area (Å²) in [5.74, 6) is -1.83. The fourth-order valence-corrected chi connectivity index (χ4v) is 2.31. The standard InChI is InChI=1S/C18H15NO5/c1-12(18(22)23-11-13-7-3-2-4-8-13)24-19-16(20)14-9-5-6-10-15(14)17(19)21/h2-10,12H,11H2,1H3/t12-/m1/s1. The van der Waals surface area contributed by atoms with Crippen LogP contribution in [0.4, 0.5) is 0 Å². The molecule has 6 heteroatoms. The van der Waals surface area contributed by atoms with Gasteiger partial charge in [-0.3, -0.25) is 9.59 Å². The minimum absolute atomic E-state index is 0.0927. The van der Waals surface area contributed by atoms with Crippen LogP contribution in [0.5, 0.6) is 0 Å². The van der Waals surface area contributed by atoms with Crippen LogP contribution in [0, 0.1) is 0 Å². The zero-order valence-electron chi connectivity index (χ0n) is 13.0. The van der Waals surface area contributed by atoms with Gasteiger partial charge in [-0.2, -0.15) is 0 Å². The molecule has 3 rings (SSSR count). The molecule has 0 saturated carbocycles. The average Bonchev–Trinajstić information content (AvgIpc) is 2.86. The highest BCUT2D eigenvalue weighted by Crippen LogP contribution is 2.23. The van der Waals surface area contributed by atoms with Crippen molar-refractivity contribution < 1.29 is 24.0 Å². The lowest BCUT2D eigenvalue weighted by atomic mass is 10.1. The van der Waals surface area contributed by atoms with E-state index in [1.807, 2.05) is 30.3 Å². The minimum atomic E-state index is -1.09. The second-order valence-corrected chi connectivity index (χ2v) is 5.29. The number of hydrogen-bond donors (Lipinski definition) is 0. The summed E-state index contributed by atoms with van der Waals surface area (Å²) < 4.78 is 5.13. The first-order valence-electron chi connectivity index (χ1n) is 7.43. The molecule has 122 valence electrons. The summed E-state index contributed by atoms with van der Waals surface area (Å²) in [7, 11) is 0. The van der Waals surface area contributed by atoms with Crippen LogP contribution in [-0.2, 0) is 21.0 Å². The topological polar surface area (TPSA) is 72.9 Å². The number of benzene rings is 2. The molecule has 1 aliphatic rings. The summed E-state index contributed by atoms with van der Waals surface area (Å²) in [6.45, 7) is 1.52. The number of imide groups is 1. The molecule has 0 bridgehead atoms. The third-order valence-corrected chi connectivity index (χ3v) is 3.58. The molecule has 0 saturated heterocycles. The Hall–Kier alpha value is -2.99. The van der Waals surface area contributed by atoms with Crippen molar-refractivity contribution in [3.8, 4) is 0 Å². The molecule has 0 aliphatic carbocycles. The van der Waals surface area contributed by atoms with Crippen molar-refractivity contribution in [1.82, 2.24) is 5.06 Å². The number of carbonyl (C=O) groups is 3. The molecule has 2 aromatic carbocycles. The summed E-state index contributed by atoms with van der Waals surface area (Å²) in [6.07, 6.45) is -1.09. The van der Waals surface area contributed by atoms with Crippen LogP contribution in [-0.4, -0.2) is 29.0 Å². The summed E-state index contributed by atoms with van der Waals surface area (Å²) in [4.78, 5) is 41.6. The van der Waals surface area contributed by atoms with Gasteiger partial charge in [0.1, 0.15) is 6.61 Å². The molecule has 1 atom stereocenters. The average molecular weight is 325 g/mol. The first-order chi connectivity index (χ1) is 11.6. The molecule has 0 aromatic heterocycles. The van der Waals surface area contributed by atoms with Crippen molar-refractivity contribution in [1.29, 1.82) is 0 Å². The predicted octanol–water partition coefficient (Wildman–Crippen LogP) is 2.35. The third kappa shape index (κ3) is 3.04.